The highest BCUT2D eigenvalue weighted by molar-refractivity contribution is 5.82. The van der Waals surface area contributed by atoms with E-state index < -0.39 is 16.4 Å². The van der Waals surface area contributed by atoms with Crippen molar-refractivity contribution in [2.24, 2.45) is 0 Å². The Balaban J connectivity index is 2.98. The number of benzene rings is 1. The number of nitrogens with one attached hydrogen (secondary N) is 1. The van der Waals surface area contributed by atoms with Crippen molar-refractivity contribution in [1.29, 1.82) is 0 Å². The van der Waals surface area contributed by atoms with Crippen molar-refractivity contribution in [2.75, 3.05) is 5.32 Å². The molecule has 0 saturated heterocycles. The molecule has 0 saturated carbocycles. The summed E-state index contributed by atoms with van der Waals surface area (Å²) in [7, 11) is 0. The first-order valence-electron chi connectivity index (χ1n) is 5.15. The van der Waals surface area contributed by atoms with E-state index in [0.29, 0.717) is 12.1 Å². The molecule has 0 amide bonds. The van der Waals surface area contributed by atoms with E-state index in [-0.39, 0.29) is 5.69 Å². The van der Waals surface area contributed by atoms with Gasteiger partial charge in [0.1, 0.15) is 5.54 Å². The lowest BCUT2D eigenvalue weighted by atomic mass is 9.99. The number of rotatable bonds is 5. The minimum atomic E-state index is -1.13. The molecule has 0 aromatic heterocycles. The van der Waals surface area contributed by atoms with Crippen LogP contribution in [-0.2, 0) is 4.79 Å². The summed E-state index contributed by atoms with van der Waals surface area (Å²) in [4.78, 5) is 21.1. The molecular weight excluding hydrogens is 224 g/mol. The quantitative estimate of drug-likeness (QED) is 0.606. The van der Waals surface area contributed by atoms with E-state index >= 15 is 0 Å². The lowest BCUT2D eigenvalue weighted by Crippen LogP contribution is -2.42. The fourth-order valence-electron chi connectivity index (χ4n) is 1.31. The van der Waals surface area contributed by atoms with Gasteiger partial charge in [-0.2, -0.15) is 0 Å². The number of carboxylic acids is 1. The maximum absolute atomic E-state index is 11.1. The average molecular weight is 238 g/mol. The highest BCUT2D eigenvalue weighted by atomic mass is 16.6. The lowest BCUT2D eigenvalue weighted by molar-refractivity contribution is -0.384. The monoisotopic (exact) mass is 238 g/mol. The minimum absolute atomic E-state index is 0.0705. The maximum atomic E-state index is 11.1. The molecule has 2 N–H and O–H groups in total. The third kappa shape index (κ3) is 2.93. The summed E-state index contributed by atoms with van der Waals surface area (Å²) >= 11 is 0. The van der Waals surface area contributed by atoms with Gasteiger partial charge in [-0.05, 0) is 19.4 Å². The van der Waals surface area contributed by atoms with Gasteiger partial charge < -0.3 is 10.4 Å². The van der Waals surface area contributed by atoms with Crippen LogP contribution in [0.1, 0.15) is 20.3 Å². The summed E-state index contributed by atoms with van der Waals surface area (Å²) < 4.78 is 0. The van der Waals surface area contributed by atoms with Crippen LogP contribution < -0.4 is 5.32 Å². The zero-order chi connectivity index (χ0) is 13.1. The molecule has 0 heterocycles. The van der Waals surface area contributed by atoms with Crippen LogP contribution in [0.25, 0.3) is 0 Å². The Labute approximate surface area is 98.4 Å². The van der Waals surface area contributed by atoms with Gasteiger partial charge in [0.25, 0.3) is 5.69 Å². The van der Waals surface area contributed by atoms with E-state index in [1.807, 2.05) is 0 Å². The number of aliphatic carboxylic acids is 1. The van der Waals surface area contributed by atoms with Crippen LogP contribution in [0.5, 0.6) is 0 Å². The van der Waals surface area contributed by atoms with E-state index in [2.05, 4.69) is 5.32 Å². The van der Waals surface area contributed by atoms with Gasteiger partial charge in [0, 0.05) is 17.8 Å². The Morgan fingerprint density at radius 3 is 2.71 bits per heavy atom. The zero-order valence-corrected chi connectivity index (χ0v) is 9.64. The van der Waals surface area contributed by atoms with Crippen molar-refractivity contribution < 1.29 is 14.8 Å². The molecule has 6 nitrogen and oxygen atoms in total. The van der Waals surface area contributed by atoms with E-state index in [1.165, 1.54) is 25.1 Å². The fourth-order valence-corrected chi connectivity index (χ4v) is 1.31. The Morgan fingerprint density at radius 1 is 1.59 bits per heavy atom. The molecule has 6 heteroatoms. The smallest absolute Gasteiger partial charge is 0.329 e. The normalized spacial score (nSPS) is 13.8. The van der Waals surface area contributed by atoms with Crippen LogP contribution in [0.15, 0.2) is 24.3 Å². The predicted molar refractivity (Wildman–Crippen MR) is 63.1 cm³/mol. The minimum Gasteiger partial charge on any atom is -0.480 e. The van der Waals surface area contributed by atoms with Crippen LogP contribution in [0.4, 0.5) is 11.4 Å². The van der Waals surface area contributed by atoms with E-state index in [1.54, 1.807) is 13.0 Å². The molecule has 0 bridgehead atoms. The van der Waals surface area contributed by atoms with Gasteiger partial charge in [-0.25, -0.2) is 4.79 Å². The molecule has 0 aliphatic rings. The Hall–Kier alpha value is -2.11. The molecule has 1 atom stereocenters. The second kappa shape index (κ2) is 4.82. The molecule has 17 heavy (non-hydrogen) atoms. The van der Waals surface area contributed by atoms with Gasteiger partial charge in [-0.1, -0.05) is 13.0 Å². The van der Waals surface area contributed by atoms with Gasteiger partial charge in [-0.15, -0.1) is 0 Å². The molecule has 0 aliphatic carbocycles. The first-order valence-corrected chi connectivity index (χ1v) is 5.15. The number of non-ortho nitro benzene ring substituents is 1. The van der Waals surface area contributed by atoms with Crippen molar-refractivity contribution >= 4 is 17.3 Å². The summed E-state index contributed by atoms with van der Waals surface area (Å²) in [5.41, 5.74) is -0.778. The molecule has 0 fully saturated rings. The summed E-state index contributed by atoms with van der Waals surface area (Å²) in [6, 6.07) is 5.79. The molecular formula is C11H14N2O4. The molecule has 1 aromatic rings. The summed E-state index contributed by atoms with van der Waals surface area (Å²) in [6.45, 7) is 3.27. The summed E-state index contributed by atoms with van der Waals surface area (Å²) in [5.74, 6) is -0.994. The van der Waals surface area contributed by atoms with Crippen molar-refractivity contribution in [3.05, 3.63) is 34.4 Å². The summed E-state index contributed by atoms with van der Waals surface area (Å²) in [6.07, 6.45) is 0.366. The number of carbonyl (C=O) groups is 1. The first-order chi connectivity index (χ1) is 7.89. The number of nitrogens with zero attached hydrogens (tertiary/aromatic N) is 1. The highest BCUT2D eigenvalue weighted by Crippen LogP contribution is 2.22. The molecule has 1 unspecified atom stereocenters. The number of nitro benzene ring substituents is 1. The average Bonchev–Trinajstić information content (AvgIpc) is 2.29. The molecule has 1 aromatic carbocycles. The van der Waals surface area contributed by atoms with Crippen molar-refractivity contribution in [1.82, 2.24) is 0 Å². The molecule has 0 spiro atoms. The Kier molecular flexibility index (Phi) is 3.67. The molecule has 1 rings (SSSR count). The topological polar surface area (TPSA) is 92.5 Å². The van der Waals surface area contributed by atoms with Gasteiger partial charge in [-0.3, -0.25) is 10.1 Å². The van der Waals surface area contributed by atoms with Gasteiger partial charge in [0.05, 0.1) is 4.92 Å². The number of nitro groups is 1. The number of hydrogen-bond acceptors (Lipinski definition) is 4. The van der Waals surface area contributed by atoms with E-state index in [0.717, 1.165) is 0 Å². The SMILES string of the molecule is CCC(C)(Nc1cccc([N+](=O)[O-])c1)C(=O)O. The van der Waals surface area contributed by atoms with Crippen LogP contribution in [0.2, 0.25) is 0 Å². The third-order valence-electron chi connectivity index (χ3n) is 2.66. The van der Waals surface area contributed by atoms with Crippen LogP contribution in [0.3, 0.4) is 0 Å². The van der Waals surface area contributed by atoms with Crippen LogP contribution in [0, 0.1) is 10.1 Å². The Morgan fingerprint density at radius 2 is 2.24 bits per heavy atom. The van der Waals surface area contributed by atoms with Gasteiger partial charge >= 0.3 is 5.97 Å². The van der Waals surface area contributed by atoms with Crippen LogP contribution in [-0.4, -0.2) is 21.5 Å². The third-order valence-corrected chi connectivity index (χ3v) is 2.66. The number of carboxylic acid groups (broad SMARTS) is 1. The zero-order valence-electron chi connectivity index (χ0n) is 9.64. The fraction of sp³-hybridized carbons (Fsp3) is 0.364. The van der Waals surface area contributed by atoms with Crippen LogP contribution >= 0.6 is 0 Å². The summed E-state index contributed by atoms with van der Waals surface area (Å²) in [5, 5.41) is 22.5. The second-order valence-electron chi connectivity index (χ2n) is 3.92. The van der Waals surface area contributed by atoms with Crippen molar-refractivity contribution in [2.45, 2.75) is 25.8 Å². The second-order valence-corrected chi connectivity index (χ2v) is 3.92. The van der Waals surface area contributed by atoms with E-state index in [4.69, 9.17) is 5.11 Å². The molecule has 92 valence electrons. The number of hydrogen-bond donors (Lipinski definition) is 2. The first kappa shape index (κ1) is 13.0. The van der Waals surface area contributed by atoms with Crippen molar-refractivity contribution in [3.63, 3.8) is 0 Å². The predicted octanol–water partition coefficient (Wildman–Crippen LogP) is 2.26. The van der Waals surface area contributed by atoms with Crippen molar-refractivity contribution in [3.8, 4) is 0 Å². The standard InChI is InChI=1S/C11H14N2O4/c1-3-11(2,10(14)15)12-8-5-4-6-9(7-8)13(16)17/h4-7,12H,3H2,1-2H3,(H,14,15). The maximum Gasteiger partial charge on any atom is 0.329 e. The Bertz CT molecular complexity index is 447. The van der Waals surface area contributed by atoms with Gasteiger partial charge in [0.15, 0.2) is 0 Å². The molecule has 0 radical (unpaired) electrons. The number of anilines is 1. The lowest BCUT2D eigenvalue weighted by Gasteiger charge is -2.25. The molecule has 0 aliphatic heterocycles. The largest absolute Gasteiger partial charge is 0.480 e. The highest BCUT2D eigenvalue weighted by Gasteiger charge is 2.30. The van der Waals surface area contributed by atoms with E-state index in [9.17, 15) is 14.9 Å². The van der Waals surface area contributed by atoms with Gasteiger partial charge in [0.2, 0.25) is 0 Å².